The molecule has 6 heteroatoms. The standard InChI is InChI=1S/C17H17N3O3/c1-18-17(22)20-14-4-2-3-13(10-14)19-16(21)12-5-6-15-11(9-12)7-8-23-15/h2-6,9-10H,7-8H2,1H3,(H,19,21)(H2,18,20,22). The van der Waals surface area contributed by atoms with Gasteiger partial charge in [0.15, 0.2) is 0 Å². The van der Waals surface area contributed by atoms with Crippen molar-refractivity contribution in [2.24, 2.45) is 0 Å². The normalized spacial score (nSPS) is 12.0. The predicted molar refractivity (Wildman–Crippen MR) is 88.1 cm³/mol. The van der Waals surface area contributed by atoms with E-state index in [1.165, 1.54) is 0 Å². The van der Waals surface area contributed by atoms with Crippen molar-refractivity contribution in [3.8, 4) is 5.75 Å². The number of benzene rings is 2. The second-order valence-corrected chi connectivity index (χ2v) is 5.16. The van der Waals surface area contributed by atoms with E-state index in [4.69, 9.17) is 4.74 Å². The van der Waals surface area contributed by atoms with Crippen molar-refractivity contribution in [2.75, 3.05) is 24.3 Å². The Morgan fingerprint density at radius 2 is 1.83 bits per heavy atom. The lowest BCUT2D eigenvalue weighted by molar-refractivity contribution is 0.102. The van der Waals surface area contributed by atoms with Crippen LogP contribution in [-0.4, -0.2) is 25.6 Å². The van der Waals surface area contributed by atoms with Crippen LogP contribution in [0.1, 0.15) is 15.9 Å². The smallest absolute Gasteiger partial charge is 0.318 e. The van der Waals surface area contributed by atoms with Gasteiger partial charge in [-0.25, -0.2) is 4.79 Å². The lowest BCUT2D eigenvalue weighted by Crippen LogP contribution is -2.24. The number of fused-ring (bicyclic) bond motifs is 1. The average molecular weight is 311 g/mol. The number of nitrogens with one attached hydrogen (secondary N) is 3. The average Bonchev–Trinajstić information content (AvgIpc) is 3.02. The molecule has 0 saturated carbocycles. The maximum Gasteiger partial charge on any atom is 0.318 e. The van der Waals surface area contributed by atoms with Gasteiger partial charge in [-0.1, -0.05) is 6.07 Å². The Kier molecular flexibility index (Phi) is 4.14. The van der Waals surface area contributed by atoms with E-state index in [0.29, 0.717) is 23.5 Å². The third-order valence-electron chi connectivity index (χ3n) is 3.56. The van der Waals surface area contributed by atoms with E-state index in [0.717, 1.165) is 17.7 Å². The van der Waals surface area contributed by atoms with Crippen LogP contribution in [0, 0.1) is 0 Å². The lowest BCUT2D eigenvalue weighted by atomic mass is 10.1. The molecule has 0 aromatic heterocycles. The summed E-state index contributed by atoms with van der Waals surface area (Å²) in [4.78, 5) is 23.7. The van der Waals surface area contributed by atoms with Gasteiger partial charge < -0.3 is 20.7 Å². The second-order valence-electron chi connectivity index (χ2n) is 5.16. The molecule has 0 unspecified atom stereocenters. The number of hydrogen-bond acceptors (Lipinski definition) is 3. The topological polar surface area (TPSA) is 79.5 Å². The van der Waals surface area contributed by atoms with Crippen LogP contribution in [0.2, 0.25) is 0 Å². The predicted octanol–water partition coefficient (Wildman–Crippen LogP) is 2.63. The number of anilines is 2. The number of hydrogen-bond donors (Lipinski definition) is 3. The van der Waals surface area contributed by atoms with Crippen LogP contribution >= 0.6 is 0 Å². The number of urea groups is 1. The summed E-state index contributed by atoms with van der Waals surface area (Å²) in [6.45, 7) is 0.660. The van der Waals surface area contributed by atoms with E-state index in [1.807, 2.05) is 12.1 Å². The molecule has 2 aromatic carbocycles. The van der Waals surface area contributed by atoms with Crippen molar-refractivity contribution in [3.05, 3.63) is 53.6 Å². The number of ether oxygens (including phenoxy) is 1. The molecule has 3 N–H and O–H groups in total. The molecular formula is C17H17N3O3. The third-order valence-corrected chi connectivity index (χ3v) is 3.56. The van der Waals surface area contributed by atoms with Gasteiger partial charge >= 0.3 is 6.03 Å². The molecule has 118 valence electrons. The highest BCUT2D eigenvalue weighted by Crippen LogP contribution is 2.26. The molecule has 6 nitrogen and oxygen atoms in total. The zero-order valence-corrected chi connectivity index (χ0v) is 12.7. The van der Waals surface area contributed by atoms with Gasteiger partial charge in [-0.3, -0.25) is 4.79 Å². The van der Waals surface area contributed by atoms with Crippen molar-refractivity contribution in [1.29, 1.82) is 0 Å². The number of carbonyl (C=O) groups is 2. The zero-order valence-electron chi connectivity index (χ0n) is 12.7. The summed E-state index contributed by atoms with van der Waals surface area (Å²) >= 11 is 0. The number of amides is 3. The summed E-state index contributed by atoms with van der Waals surface area (Å²) in [5.41, 5.74) is 2.84. The quantitative estimate of drug-likeness (QED) is 0.815. The summed E-state index contributed by atoms with van der Waals surface area (Å²) in [6, 6.07) is 12.1. The Hall–Kier alpha value is -3.02. The Morgan fingerprint density at radius 3 is 2.61 bits per heavy atom. The Labute approximate surface area is 133 Å². The monoisotopic (exact) mass is 311 g/mol. The largest absolute Gasteiger partial charge is 0.493 e. The molecule has 3 rings (SSSR count). The van der Waals surface area contributed by atoms with E-state index >= 15 is 0 Å². The first-order valence-electron chi connectivity index (χ1n) is 7.31. The molecule has 0 spiro atoms. The second kappa shape index (κ2) is 6.39. The molecule has 1 heterocycles. The molecule has 0 aliphatic carbocycles. The van der Waals surface area contributed by atoms with Gasteiger partial charge in [0.2, 0.25) is 0 Å². The maximum absolute atomic E-state index is 12.4. The van der Waals surface area contributed by atoms with Crippen molar-refractivity contribution in [1.82, 2.24) is 5.32 Å². The lowest BCUT2D eigenvalue weighted by Gasteiger charge is -2.09. The summed E-state index contributed by atoms with van der Waals surface area (Å²) in [6.07, 6.45) is 0.821. The fourth-order valence-electron chi connectivity index (χ4n) is 2.40. The summed E-state index contributed by atoms with van der Waals surface area (Å²) in [7, 11) is 1.54. The van der Waals surface area contributed by atoms with Gasteiger partial charge in [0.05, 0.1) is 6.61 Å². The summed E-state index contributed by atoms with van der Waals surface area (Å²) < 4.78 is 5.44. The van der Waals surface area contributed by atoms with E-state index in [2.05, 4.69) is 16.0 Å². The number of carbonyl (C=O) groups excluding carboxylic acids is 2. The molecule has 0 radical (unpaired) electrons. The molecule has 0 atom stereocenters. The van der Waals surface area contributed by atoms with E-state index in [-0.39, 0.29) is 11.9 Å². The first-order chi connectivity index (χ1) is 11.2. The van der Waals surface area contributed by atoms with Crippen molar-refractivity contribution >= 4 is 23.3 Å². The first-order valence-corrected chi connectivity index (χ1v) is 7.31. The fourth-order valence-corrected chi connectivity index (χ4v) is 2.40. The SMILES string of the molecule is CNC(=O)Nc1cccc(NC(=O)c2ccc3c(c2)CCO3)c1. The highest BCUT2D eigenvalue weighted by atomic mass is 16.5. The van der Waals surface area contributed by atoms with Crippen LogP contribution in [0.3, 0.4) is 0 Å². The Balaban J connectivity index is 1.72. The van der Waals surface area contributed by atoms with Gasteiger partial charge in [-0.15, -0.1) is 0 Å². The molecule has 1 aliphatic rings. The first kappa shape index (κ1) is 14.9. The highest BCUT2D eigenvalue weighted by molar-refractivity contribution is 6.05. The van der Waals surface area contributed by atoms with Gasteiger partial charge in [0.25, 0.3) is 5.91 Å². The van der Waals surface area contributed by atoms with Crippen molar-refractivity contribution in [2.45, 2.75) is 6.42 Å². The Bertz CT molecular complexity index is 758. The van der Waals surface area contributed by atoms with E-state index < -0.39 is 0 Å². The minimum atomic E-state index is -0.313. The third kappa shape index (κ3) is 3.42. The van der Waals surface area contributed by atoms with Crippen LogP contribution in [0.4, 0.5) is 16.2 Å². The molecule has 1 aliphatic heterocycles. The Morgan fingerprint density at radius 1 is 1.04 bits per heavy atom. The van der Waals surface area contributed by atoms with Crippen LogP contribution in [0.15, 0.2) is 42.5 Å². The molecule has 0 bridgehead atoms. The molecule has 3 amide bonds. The number of rotatable bonds is 3. The highest BCUT2D eigenvalue weighted by Gasteiger charge is 2.15. The van der Waals surface area contributed by atoms with E-state index in [9.17, 15) is 9.59 Å². The van der Waals surface area contributed by atoms with Crippen molar-refractivity contribution < 1.29 is 14.3 Å². The molecular weight excluding hydrogens is 294 g/mol. The summed E-state index contributed by atoms with van der Waals surface area (Å²) in [5.74, 6) is 0.648. The van der Waals surface area contributed by atoms with Gasteiger partial charge in [0.1, 0.15) is 5.75 Å². The molecule has 2 aromatic rings. The van der Waals surface area contributed by atoms with Crippen LogP contribution in [0.25, 0.3) is 0 Å². The van der Waals surface area contributed by atoms with Crippen LogP contribution in [-0.2, 0) is 6.42 Å². The maximum atomic E-state index is 12.4. The van der Waals surface area contributed by atoms with Crippen LogP contribution < -0.4 is 20.7 Å². The van der Waals surface area contributed by atoms with Gasteiger partial charge in [-0.2, -0.15) is 0 Å². The molecule has 0 saturated heterocycles. The minimum Gasteiger partial charge on any atom is -0.493 e. The van der Waals surface area contributed by atoms with Crippen LogP contribution in [0.5, 0.6) is 5.75 Å². The minimum absolute atomic E-state index is 0.197. The summed E-state index contributed by atoms with van der Waals surface area (Å²) in [5, 5.41) is 7.96. The zero-order chi connectivity index (χ0) is 16.2. The van der Waals surface area contributed by atoms with Gasteiger partial charge in [0, 0.05) is 30.4 Å². The molecule has 0 fully saturated rings. The van der Waals surface area contributed by atoms with Gasteiger partial charge in [-0.05, 0) is 42.0 Å². The molecule has 23 heavy (non-hydrogen) atoms. The van der Waals surface area contributed by atoms with E-state index in [1.54, 1.807) is 37.4 Å². The fraction of sp³-hybridized carbons (Fsp3) is 0.176. The van der Waals surface area contributed by atoms with Crippen molar-refractivity contribution in [3.63, 3.8) is 0 Å².